The van der Waals surface area contributed by atoms with Crippen molar-refractivity contribution in [2.45, 2.75) is 10.9 Å². The number of aromatic nitrogens is 2. The third kappa shape index (κ3) is 5.18. The number of carbonyl (C=O) groups is 1. The lowest BCUT2D eigenvalue weighted by Gasteiger charge is -2.07. The second-order valence-electron chi connectivity index (χ2n) is 5.23. The van der Waals surface area contributed by atoms with Crippen LogP contribution in [0.1, 0.15) is 15.9 Å². The van der Waals surface area contributed by atoms with Gasteiger partial charge in [0.05, 0.1) is 0 Å². The number of nitrogens with zero attached hydrogens (tertiary/aromatic N) is 2. The lowest BCUT2D eigenvalue weighted by atomic mass is 10.1. The third-order valence-corrected chi connectivity index (χ3v) is 5.28. The number of rotatable bonds is 8. The van der Waals surface area contributed by atoms with Crippen LogP contribution >= 0.6 is 23.1 Å². The molecule has 0 saturated heterocycles. The van der Waals surface area contributed by atoms with Crippen molar-refractivity contribution in [1.29, 1.82) is 0 Å². The van der Waals surface area contributed by atoms with E-state index in [4.69, 9.17) is 4.74 Å². The molecule has 0 bridgehead atoms. The van der Waals surface area contributed by atoms with Gasteiger partial charge >= 0.3 is 0 Å². The van der Waals surface area contributed by atoms with Gasteiger partial charge in [-0.1, -0.05) is 59.5 Å². The third-order valence-electron chi connectivity index (χ3n) is 3.32. The smallest absolute Gasteiger partial charge is 0.257 e. The number of carbonyl (C=O) groups excluding carboxylic acids is 1. The largest absolute Gasteiger partial charge is 0.489 e. The Bertz CT molecular complexity index is 864. The minimum atomic E-state index is -0.211. The number of hydrogen-bond donors (Lipinski definition) is 1. The molecule has 1 N–H and O–H groups in total. The molecular weight excluding hydrogens is 366 g/mol. The topological polar surface area (TPSA) is 64.1 Å². The highest BCUT2D eigenvalue weighted by atomic mass is 32.2. The molecule has 0 saturated carbocycles. The van der Waals surface area contributed by atoms with Gasteiger partial charge in [-0.25, -0.2) is 0 Å². The summed E-state index contributed by atoms with van der Waals surface area (Å²) in [6, 6.07) is 16.9. The maximum atomic E-state index is 12.3. The van der Waals surface area contributed by atoms with Crippen LogP contribution < -0.4 is 10.1 Å². The Morgan fingerprint density at radius 1 is 1.15 bits per heavy atom. The summed E-state index contributed by atoms with van der Waals surface area (Å²) in [7, 11) is 0. The summed E-state index contributed by atoms with van der Waals surface area (Å²) in [6.45, 7) is 4.12. The molecular formula is C19H17N3O2S2. The molecule has 3 rings (SSSR count). The van der Waals surface area contributed by atoms with Crippen molar-refractivity contribution in [3.8, 4) is 5.75 Å². The van der Waals surface area contributed by atoms with Crippen molar-refractivity contribution < 1.29 is 9.53 Å². The van der Waals surface area contributed by atoms with Crippen LogP contribution in [0.4, 0.5) is 5.13 Å². The highest BCUT2D eigenvalue weighted by molar-refractivity contribution is 8.01. The SMILES string of the molecule is C=CCSc1nnc(NC(=O)c2ccc(COc3ccccc3)cc2)s1. The average molecular weight is 383 g/mol. The minimum Gasteiger partial charge on any atom is -0.489 e. The van der Waals surface area contributed by atoms with Gasteiger partial charge < -0.3 is 4.74 Å². The maximum Gasteiger partial charge on any atom is 0.257 e. The Morgan fingerprint density at radius 3 is 2.65 bits per heavy atom. The van der Waals surface area contributed by atoms with Gasteiger partial charge in [-0.3, -0.25) is 10.1 Å². The maximum absolute atomic E-state index is 12.3. The lowest BCUT2D eigenvalue weighted by molar-refractivity contribution is 0.102. The molecule has 1 amide bonds. The van der Waals surface area contributed by atoms with Gasteiger partial charge in [-0.2, -0.15) is 0 Å². The van der Waals surface area contributed by atoms with E-state index in [1.54, 1.807) is 18.2 Å². The second kappa shape index (κ2) is 9.17. The average Bonchev–Trinajstić information content (AvgIpc) is 3.13. The van der Waals surface area contributed by atoms with E-state index in [2.05, 4.69) is 22.1 Å². The molecule has 1 aromatic heterocycles. The second-order valence-corrected chi connectivity index (χ2v) is 7.47. The summed E-state index contributed by atoms with van der Waals surface area (Å²) in [4.78, 5) is 12.3. The quantitative estimate of drug-likeness (QED) is 0.348. The number of amides is 1. The fourth-order valence-corrected chi connectivity index (χ4v) is 3.56. The first-order valence-corrected chi connectivity index (χ1v) is 9.70. The van der Waals surface area contributed by atoms with Crippen LogP contribution in [-0.4, -0.2) is 21.9 Å². The Balaban J connectivity index is 1.54. The van der Waals surface area contributed by atoms with Crippen molar-refractivity contribution in [3.05, 3.63) is 78.4 Å². The molecule has 0 fully saturated rings. The standard InChI is InChI=1S/C19H17N3O2S2/c1-2-12-25-19-22-21-18(26-19)20-17(23)15-10-8-14(9-11-15)13-24-16-6-4-3-5-7-16/h2-11H,1,12-13H2,(H,20,21,23). The lowest BCUT2D eigenvalue weighted by Crippen LogP contribution is -2.11. The Kier molecular flexibility index (Phi) is 6.40. The molecule has 0 aliphatic carbocycles. The molecule has 1 heterocycles. The summed E-state index contributed by atoms with van der Waals surface area (Å²) >= 11 is 2.88. The highest BCUT2D eigenvalue weighted by Crippen LogP contribution is 2.25. The molecule has 0 atom stereocenters. The van der Waals surface area contributed by atoms with E-state index in [1.165, 1.54) is 23.1 Å². The van der Waals surface area contributed by atoms with Crippen LogP contribution in [0.3, 0.4) is 0 Å². The number of ether oxygens (including phenoxy) is 1. The van der Waals surface area contributed by atoms with Gasteiger partial charge in [0.1, 0.15) is 12.4 Å². The Morgan fingerprint density at radius 2 is 1.92 bits per heavy atom. The van der Waals surface area contributed by atoms with Crippen molar-refractivity contribution >= 4 is 34.1 Å². The van der Waals surface area contributed by atoms with Gasteiger partial charge in [0.2, 0.25) is 5.13 Å². The van der Waals surface area contributed by atoms with E-state index < -0.39 is 0 Å². The predicted octanol–water partition coefficient (Wildman–Crippen LogP) is 4.65. The number of para-hydroxylation sites is 1. The van der Waals surface area contributed by atoms with Gasteiger partial charge in [0.25, 0.3) is 5.91 Å². The molecule has 5 nitrogen and oxygen atoms in total. The van der Waals surface area contributed by atoms with Crippen LogP contribution in [0.2, 0.25) is 0 Å². The van der Waals surface area contributed by atoms with Crippen molar-refractivity contribution in [2.75, 3.05) is 11.1 Å². The van der Waals surface area contributed by atoms with Gasteiger partial charge in [-0.05, 0) is 29.8 Å². The molecule has 0 spiro atoms. The van der Waals surface area contributed by atoms with E-state index in [9.17, 15) is 4.79 Å². The van der Waals surface area contributed by atoms with Crippen molar-refractivity contribution in [2.24, 2.45) is 0 Å². The zero-order valence-electron chi connectivity index (χ0n) is 13.9. The van der Waals surface area contributed by atoms with Crippen LogP contribution in [0.5, 0.6) is 5.75 Å². The molecule has 0 radical (unpaired) electrons. The van der Waals surface area contributed by atoms with Crippen LogP contribution in [-0.2, 0) is 6.61 Å². The molecule has 3 aromatic rings. The predicted molar refractivity (Wildman–Crippen MR) is 106 cm³/mol. The Hall–Kier alpha value is -2.64. The van der Waals surface area contributed by atoms with E-state index in [-0.39, 0.29) is 5.91 Å². The molecule has 0 aliphatic rings. The van der Waals surface area contributed by atoms with Crippen molar-refractivity contribution in [3.63, 3.8) is 0 Å². The summed E-state index contributed by atoms with van der Waals surface area (Å²) in [6.07, 6.45) is 1.80. The highest BCUT2D eigenvalue weighted by Gasteiger charge is 2.10. The summed E-state index contributed by atoms with van der Waals surface area (Å²) in [5.74, 6) is 1.36. The fraction of sp³-hybridized carbons (Fsp3) is 0.105. The van der Waals surface area contributed by atoms with Crippen LogP contribution in [0, 0.1) is 0 Å². The number of benzene rings is 2. The molecule has 0 aliphatic heterocycles. The first-order valence-electron chi connectivity index (χ1n) is 7.90. The summed E-state index contributed by atoms with van der Waals surface area (Å²) in [5.41, 5.74) is 1.55. The number of hydrogen-bond acceptors (Lipinski definition) is 6. The van der Waals surface area contributed by atoms with E-state index in [1.807, 2.05) is 42.5 Å². The summed E-state index contributed by atoms with van der Waals surface area (Å²) < 4.78 is 6.50. The molecule has 2 aromatic carbocycles. The van der Waals surface area contributed by atoms with E-state index in [0.29, 0.717) is 17.3 Å². The zero-order valence-corrected chi connectivity index (χ0v) is 15.6. The number of nitrogens with one attached hydrogen (secondary N) is 1. The van der Waals surface area contributed by atoms with E-state index >= 15 is 0 Å². The Labute approximate surface area is 160 Å². The first kappa shape index (κ1) is 18.2. The monoisotopic (exact) mass is 383 g/mol. The van der Waals surface area contributed by atoms with Crippen molar-refractivity contribution in [1.82, 2.24) is 10.2 Å². The van der Waals surface area contributed by atoms with Gasteiger partial charge in [0.15, 0.2) is 4.34 Å². The molecule has 132 valence electrons. The summed E-state index contributed by atoms with van der Waals surface area (Å²) in [5, 5.41) is 11.2. The molecule has 7 heteroatoms. The van der Waals surface area contributed by atoms with E-state index in [0.717, 1.165) is 21.4 Å². The van der Waals surface area contributed by atoms with Crippen LogP contribution in [0.25, 0.3) is 0 Å². The minimum absolute atomic E-state index is 0.211. The first-order chi connectivity index (χ1) is 12.7. The number of thioether (sulfide) groups is 1. The normalized spacial score (nSPS) is 10.3. The zero-order chi connectivity index (χ0) is 18.2. The van der Waals surface area contributed by atoms with Crippen LogP contribution in [0.15, 0.2) is 71.6 Å². The number of anilines is 1. The van der Waals surface area contributed by atoms with Gasteiger partial charge in [0, 0.05) is 11.3 Å². The fourth-order valence-electron chi connectivity index (χ4n) is 2.05. The molecule has 0 unspecified atom stereocenters. The van der Waals surface area contributed by atoms with Gasteiger partial charge in [-0.15, -0.1) is 16.8 Å². The molecule has 26 heavy (non-hydrogen) atoms.